The minimum absolute atomic E-state index is 0.500. The molecule has 0 aromatic carbocycles. The van der Waals surface area contributed by atoms with Crippen LogP contribution in [-0.4, -0.2) is 238 Å². The molecule has 0 unspecified atom stereocenters. The molecular weight excluding hydrogens is 732 g/mol. The zero-order valence-electron chi connectivity index (χ0n) is 34.1. The Balaban J connectivity index is 3.05. The van der Waals surface area contributed by atoms with Crippen molar-refractivity contribution in [1.29, 1.82) is 0 Å². The predicted octanol–water partition coefficient (Wildman–Crippen LogP) is 0.935. The van der Waals surface area contributed by atoms with Crippen molar-refractivity contribution in [3.05, 3.63) is 0 Å². The molecule has 0 aromatic rings. The van der Waals surface area contributed by atoms with Gasteiger partial charge >= 0.3 is 0 Å². The number of methoxy groups -OCH3 is 1. The zero-order chi connectivity index (χ0) is 39.5. The third-order valence-electron chi connectivity index (χ3n) is 6.59. The molecule has 0 saturated heterocycles. The minimum Gasteiger partial charge on any atom is -0.382 e. The lowest BCUT2D eigenvalue weighted by Crippen LogP contribution is -2.16. The molecule has 0 atom stereocenters. The first-order valence-corrected chi connectivity index (χ1v) is 19.7. The molecule has 0 bridgehead atoms. The van der Waals surface area contributed by atoms with E-state index >= 15 is 0 Å². The van der Waals surface area contributed by atoms with Crippen molar-refractivity contribution >= 4 is 0 Å². The van der Waals surface area contributed by atoms with E-state index in [-0.39, 0.29) is 0 Å². The van der Waals surface area contributed by atoms with Crippen LogP contribution in [0.25, 0.3) is 0 Å². The number of rotatable bonds is 52. The first kappa shape index (κ1) is 54.3. The molecule has 0 radical (unpaired) electrons. The molecule has 0 fully saturated rings. The topological polar surface area (TPSA) is 166 Å². The lowest BCUT2D eigenvalue weighted by Gasteiger charge is -2.09. The summed E-state index contributed by atoms with van der Waals surface area (Å²) < 4.78 is 97.4. The highest BCUT2D eigenvalue weighted by atomic mass is 16.6. The van der Waals surface area contributed by atoms with E-state index in [0.717, 1.165) is 0 Å². The molecule has 0 spiro atoms. The fourth-order valence-electron chi connectivity index (χ4n) is 3.81. The van der Waals surface area contributed by atoms with Crippen LogP contribution in [0.1, 0.15) is 6.92 Å². The van der Waals surface area contributed by atoms with Crippen molar-refractivity contribution in [1.82, 2.24) is 0 Å². The van der Waals surface area contributed by atoms with Gasteiger partial charge in [0.25, 0.3) is 0 Å². The molecule has 0 aliphatic rings. The Morgan fingerprint density at radius 2 is 0.273 bits per heavy atom. The van der Waals surface area contributed by atoms with E-state index < -0.39 is 0 Å². The molecule has 0 aliphatic carbocycles. The Bertz CT molecular complexity index is 605. The van der Waals surface area contributed by atoms with Gasteiger partial charge in [0.15, 0.2) is 0 Å². The second kappa shape index (κ2) is 53.3. The summed E-state index contributed by atoms with van der Waals surface area (Å²) in [6.45, 7) is 20.5. The minimum atomic E-state index is 0.500. The summed E-state index contributed by atoms with van der Waals surface area (Å²) in [4.78, 5) is 0. The van der Waals surface area contributed by atoms with Crippen LogP contribution in [0.2, 0.25) is 0 Å². The van der Waals surface area contributed by atoms with Crippen LogP contribution < -0.4 is 0 Å². The molecule has 0 amide bonds. The second-order valence-corrected chi connectivity index (χ2v) is 11.0. The van der Waals surface area contributed by atoms with Gasteiger partial charge in [0.2, 0.25) is 0 Å². The molecular formula is C37H76O18. The molecule has 18 nitrogen and oxygen atoms in total. The smallest absolute Gasteiger partial charge is 0.0701 e. The van der Waals surface area contributed by atoms with Crippen molar-refractivity contribution in [3.63, 3.8) is 0 Å². The van der Waals surface area contributed by atoms with Crippen LogP contribution in [0.3, 0.4) is 0 Å². The first-order chi connectivity index (χ1) is 27.4. The van der Waals surface area contributed by atoms with Crippen molar-refractivity contribution in [2.24, 2.45) is 0 Å². The Morgan fingerprint density at radius 3 is 0.382 bits per heavy atom. The maximum atomic E-state index is 5.50. The Kier molecular flexibility index (Phi) is 52.6. The molecule has 0 aromatic heterocycles. The summed E-state index contributed by atoms with van der Waals surface area (Å²) in [5.41, 5.74) is 0. The van der Waals surface area contributed by atoms with Gasteiger partial charge in [-0.2, -0.15) is 0 Å². The van der Waals surface area contributed by atoms with Gasteiger partial charge in [-0.1, -0.05) is 0 Å². The highest BCUT2D eigenvalue weighted by molar-refractivity contribution is 4.40. The van der Waals surface area contributed by atoms with Gasteiger partial charge < -0.3 is 85.3 Å². The maximum Gasteiger partial charge on any atom is 0.0701 e. The zero-order valence-corrected chi connectivity index (χ0v) is 34.1. The summed E-state index contributed by atoms with van der Waals surface area (Å²) in [7, 11) is 1.64. The summed E-state index contributed by atoms with van der Waals surface area (Å²) in [5.74, 6) is 0. The van der Waals surface area contributed by atoms with E-state index in [1.807, 2.05) is 6.92 Å². The molecule has 0 heterocycles. The SMILES string of the molecule is CCOCCOCCOCCOCCOCCOCCOCCOCCOCCOCCOCCOCCOCCOCCOCCOCCOCCOC. The second-order valence-electron chi connectivity index (χ2n) is 11.0. The molecule has 0 aliphatic heterocycles. The Morgan fingerprint density at radius 1 is 0.164 bits per heavy atom. The Labute approximate surface area is 330 Å². The van der Waals surface area contributed by atoms with Crippen molar-refractivity contribution in [3.8, 4) is 0 Å². The predicted molar refractivity (Wildman–Crippen MR) is 201 cm³/mol. The average molecular weight is 809 g/mol. The number of ether oxygens (including phenoxy) is 18. The average Bonchev–Trinajstić information content (AvgIpc) is 3.20. The van der Waals surface area contributed by atoms with Crippen LogP contribution in [0.4, 0.5) is 0 Å². The third-order valence-corrected chi connectivity index (χ3v) is 6.59. The van der Waals surface area contributed by atoms with E-state index in [2.05, 4.69) is 0 Å². The summed E-state index contributed by atoms with van der Waals surface area (Å²) in [6.07, 6.45) is 0. The van der Waals surface area contributed by atoms with E-state index in [1.165, 1.54) is 0 Å². The van der Waals surface area contributed by atoms with Gasteiger partial charge in [-0.25, -0.2) is 0 Å². The van der Waals surface area contributed by atoms with Gasteiger partial charge in [0, 0.05) is 13.7 Å². The summed E-state index contributed by atoms with van der Waals surface area (Å²) in [6, 6.07) is 0. The monoisotopic (exact) mass is 809 g/mol. The fourth-order valence-corrected chi connectivity index (χ4v) is 3.81. The fraction of sp³-hybridized carbons (Fsp3) is 1.00. The quantitative estimate of drug-likeness (QED) is 0.0797. The summed E-state index contributed by atoms with van der Waals surface area (Å²) in [5, 5.41) is 0. The highest BCUT2D eigenvalue weighted by Crippen LogP contribution is 1.89. The Hall–Kier alpha value is -0.720. The molecule has 0 saturated carbocycles. The van der Waals surface area contributed by atoms with Crippen molar-refractivity contribution < 1.29 is 85.3 Å². The van der Waals surface area contributed by atoms with Gasteiger partial charge in [0.05, 0.1) is 225 Å². The van der Waals surface area contributed by atoms with E-state index in [1.54, 1.807) is 7.11 Å². The summed E-state index contributed by atoms with van der Waals surface area (Å²) >= 11 is 0. The van der Waals surface area contributed by atoms with Crippen LogP contribution >= 0.6 is 0 Å². The van der Waals surface area contributed by atoms with Gasteiger partial charge in [-0.15, -0.1) is 0 Å². The van der Waals surface area contributed by atoms with Crippen molar-refractivity contribution in [2.75, 3.05) is 238 Å². The van der Waals surface area contributed by atoms with Gasteiger partial charge in [-0.3, -0.25) is 0 Å². The van der Waals surface area contributed by atoms with E-state index in [0.29, 0.717) is 231 Å². The van der Waals surface area contributed by atoms with Crippen molar-refractivity contribution in [2.45, 2.75) is 6.92 Å². The van der Waals surface area contributed by atoms with Gasteiger partial charge in [-0.05, 0) is 6.92 Å². The molecule has 0 rings (SSSR count). The number of hydrogen-bond donors (Lipinski definition) is 0. The van der Waals surface area contributed by atoms with E-state index in [4.69, 9.17) is 85.3 Å². The molecule has 55 heavy (non-hydrogen) atoms. The van der Waals surface area contributed by atoms with Crippen LogP contribution in [0, 0.1) is 0 Å². The van der Waals surface area contributed by atoms with Crippen LogP contribution in [0.15, 0.2) is 0 Å². The molecule has 18 heteroatoms. The molecule has 332 valence electrons. The number of hydrogen-bond acceptors (Lipinski definition) is 18. The third kappa shape index (κ3) is 53.3. The lowest BCUT2D eigenvalue weighted by molar-refractivity contribution is -0.0308. The van der Waals surface area contributed by atoms with Crippen LogP contribution in [-0.2, 0) is 85.3 Å². The van der Waals surface area contributed by atoms with E-state index in [9.17, 15) is 0 Å². The normalized spacial score (nSPS) is 11.7. The first-order valence-electron chi connectivity index (χ1n) is 19.7. The lowest BCUT2D eigenvalue weighted by atomic mass is 10.6. The molecule has 0 N–H and O–H groups in total. The van der Waals surface area contributed by atoms with Gasteiger partial charge in [0.1, 0.15) is 0 Å². The van der Waals surface area contributed by atoms with Crippen LogP contribution in [0.5, 0.6) is 0 Å². The standard InChI is InChI=1S/C37H76O18/c1-3-39-6-7-41-10-11-43-14-15-45-18-19-47-22-23-49-26-27-51-30-31-53-34-35-55-37-36-54-33-32-52-29-28-50-25-24-48-21-20-46-17-16-44-13-12-42-9-8-40-5-4-38-2/h3-37H2,1-2H3. The largest absolute Gasteiger partial charge is 0.382 e. The highest BCUT2D eigenvalue weighted by Gasteiger charge is 1.98. The maximum absolute atomic E-state index is 5.50.